The van der Waals surface area contributed by atoms with E-state index < -0.39 is 0 Å². The average molecular weight is 167 g/mol. The third kappa shape index (κ3) is 2.36. The van der Waals surface area contributed by atoms with Crippen LogP contribution in [-0.4, -0.2) is 23.9 Å². The van der Waals surface area contributed by atoms with E-state index in [1.54, 1.807) is 0 Å². The molecule has 1 fully saturated rings. The topological polar surface area (TPSA) is 20.3 Å². The van der Waals surface area contributed by atoms with Gasteiger partial charge in [0.1, 0.15) is 0 Å². The summed E-state index contributed by atoms with van der Waals surface area (Å²) in [5.41, 5.74) is 1.06. The molecule has 0 aromatic heterocycles. The highest BCUT2D eigenvalue weighted by Crippen LogP contribution is 2.31. The average Bonchev–Trinajstić information content (AvgIpc) is 2.80. The molecule has 0 aliphatic heterocycles. The minimum Gasteiger partial charge on any atom is -0.339 e. The quantitative estimate of drug-likeness (QED) is 0.585. The van der Waals surface area contributed by atoms with E-state index in [4.69, 9.17) is 0 Å². The van der Waals surface area contributed by atoms with Crippen LogP contribution in [0.1, 0.15) is 26.7 Å². The summed E-state index contributed by atoms with van der Waals surface area (Å²) in [5.74, 6) is 0.657. The van der Waals surface area contributed by atoms with Crippen molar-refractivity contribution in [2.24, 2.45) is 5.92 Å². The van der Waals surface area contributed by atoms with Gasteiger partial charge in [-0.1, -0.05) is 12.2 Å². The molecular weight excluding hydrogens is 150 g/mol. The molecule has 1 aliphatic rings. The molecule has 0 atom stereocenters. The van der Waals surface area contributed by atoms with Crippen LogP contribution in [0.2, 0.25) is 0 Å². The zero-order valence-corrected chi connectivity index (χ0v) is 7.97. The molecule has 0 bridgehead atoms. The Balaban J connectivity index is 2.42. The Morgan fingerprint density at radius 3 is 2.50 bits per heavy atom. The van der Waals surface area contributed by atoms with Crippen LogP contribution < -0.4 is 0 Å². The van der Waals surface area contributed by atoms with Gasteiger partial charge in [0.15, 0.2) is 0 Å². The van der Waals surface area contributed by atoms with Crippen molar-refractivity contribution in [2.45, 2.75) is 26.7 Å². The summed E-state index contributed by atoms with van der Waals surface area (Å²) >= 11 is 0. The highest BCUT2D eigenvalue weighted by atomic mass is 16.2. The summed E-state index contributed by atoms with van der Waals surface area (Å²) in [6, 6.07) is 0. The second-order valence-electron chi connectivity index (χ2n) is 3.58. The molecule has 0 unspecified atom stereocenters. The first-order chi connectivity index (χ1) is 5.65. The van der Waals surface area contributed by atoms with E-state index in [1.807, 2.05) is 18.7 Å². The highest BCUT2D eigenvalue weighted by Gasteiger charge is 2.32. The van der Waals surface area contributed by atoms with Crippen molar-refractivity contribution in [1.82, 2.24) is 4.90 Å². The molecule has 1 amide bonds. The van der Waals surface area contributed by atoms with Crippen LogP contribution in [0.5, 0.6) is 0 Å². The zero-order valence-electron chi connectivity index (χ0n) is 7.97. The molecule has 1 aliphatic carbocycles. The lowest BCUT2D eigenvalue weighted by molar-refractivity contribution is -0.131. The van der Waals surface area contributed by atoms with Gasteiger partial charge in [0.25, 0.3) is 0 Å². The monoisotopic (exact) mass is 167 g/mol. The summed E-state index contributed by atoms with van der Waals surface area (Å²) in [6.45, 7) is 9.33. The van der Waals surface area contributed by atoms with Gasteiger partial charge in [0, 0.05) is 19.0 Å². The lowest BCUT2D eigenvalue weighted by Crippen LogP contribution is -2.33. The lowest BCUT2D eigenvalue weighted by Gasteiger charge is -2.20. The van der Waals surface area contributed by atoms with E-state index in [0.717, 1.165) is 31.5 Å². The molecule has 0 aromatic carbocycles. The van der Waals surface area contributed by atoms with Crippen LogP contribution >= 0.6 is 0 Å². The lowest BCUT2D eigenvalue weighted by atomic mass is 10.3. The van der Waals surface area contributed by atoms with Crippen LogP contribution in [0.15, 0.2) is 12.2 Å². The van der Waals surface area contributed by atoms with Crippen molar-refractivity contribution in [3.05, 3.63) is 12.2 Å². The fourth-order valence-corrected chi connectivity index (χ4v) is 1.26. The highest BCUT2D eigenvalue weighted by molar-refractivity contribution is 5.81. The predicted octanol–water partition coefficient (Wildman–Crippen LogP) is 1.82. The first-order valence-corrected chi connectivity index (χ1v) is 4.58. The largest absolute Gasteiger partial charge is 0.339 e. The first kappa shape index (κ1) is 9.30. The van der Waals surface area contributed by atoms with Crippen molar-refractivity contribution >= 4 is 5.91 Å². The normalized spacial score (nSPS) is 15.8. The van der Waals surface area contributed by atoms with Gasteiger partial charge in [0.2, 0.25) is 5.91 Å². The van der Waals surface area contributed by atoms with Gasteiger partial charge in [-0.25, -0.2) is 0 Å². The maximum atomic E-state index is 11.6. The number of rotatable bonds is 4. The van der Waals surface area contributed by atoms with E-state index in [9.17, 15) is 4.79 Å². The van der Waals surface area contributed by atoms with Gasteiger partial charge in [0.05, 0.1) is 0 Å². The molecular formula is C10H17NO. The van der Waals surface area contributed by atoms with E-state index in [0.29, 0.717) is 11.8 Å². The predicted molar refractivity (Wildman–Crippen MR) is 49.8 cm³/mol. The van der Waals surface area contributed by atoms with Crippen molar-refractivity contribution in [3.8, 4) is 0 Å². The molecule has 0 spiro atoms. The summed E-state index contributed by atoms with van der Waals surface area (Å²) < 4.78 is 0. The molecule has 0 aromatic rings. The maximum Gasteiger partial charge on any atom is 0.225 e. The first-order valence-electron chi connectivity index (χ1n) is 4.58. The number of likely N-dealkylation sites (N-methyl/N-ethyl adjacent to an activating group) is 1. The maximum absolute atomic E-state index is 11.6. The summed E-state index contributed by atoms with van der Waals surface area (Å²) in [7, 11) is 0. The molecule has 1 rings (SSSR count). The van der Waals surface area contributed by atoms with Gasteiger partial charge >= 0.3 is 0 Å². The Bertz CT molecular complexity index is 194. The van der Waals surface area contributed by atoms with Crippen LogP contribution in [0.25, 0.3) is 0 Å². The van der Waals surface area contributed by atoms with Crippen molar-refractivity contribution in [3.63, 3.8) is 0 Å². The molecule has 0 saturated heterocycles. The third-order valence-corrected chi connectivity index (χ3v) is 2.08. The SMILES string of the molecule is C=C(C)CN(CC)C(=O)C1CC1. The number of hydrogen-bond acceptors (Lipinski definition) is 1. The molecule has 0 N–H and O–H groups in total. The van der Waals surface area contributed by atoms with Gasteiger partial charge in [-0.3, -0.25) is 4.79 Å². The smallest absolute Gasteiger partial charge is 0.225 e. The second kappa shape index (κ2) is 3.74. The summed E-state index contributed by atoms with van der Waals surface area (Å²) in [4.78, 5) is 13.4. The van der Waals surface area contributed by atoms with Crippen LogP contribution in [0.3, 0.4) is 0 Å². The van der Waals surface area contributed by atoms with Gasteiger partial charge in [-0.05, 0) is 26.7 Å². The Kier molecular flexibility index (Phi) is 2.90. The molecule has 68 valence electrons. The van der Waals surface area contributed by atoms with E-state index in [-0.39, 0.29) is 0 Å². The van der Waals surface area contributed by atoms with Crippen molar-refractivity contribution in [2.75, 3.05) is 13.1 Å². The molecule has 0 heterocycles. The van der Waals surface area contributed by atoms with Crippen LogP contribution in [0, 0.1) is 5.92 Å². The van der Waals surface area contributed by atoms with E-state index in [1.165, 1.54) is 0 Å². The zero-order chi connectivity index (χ0) is 9.14. The third-order valence-electron chi connectivity index (χ3n) is 2.08. The number of hydrogen-bond donors (Lipinski definition) is 0. The van der Waals surface area contributed by atoms with E-state index in [2.05, 4.69) is 6.58 Å². The molecule has 2 nitrogen and oxygen atoms in total. The number of amides is 1. The van der Waals surface area contributed by atoms with Gasteiger partial charge in [-0.2, -0.15) is 0 Å². The Morgan fingerprint density at radius 2 is 2.17 bits per heavy atom. The fourth-order valence-electron chi connectivity index (χ4n) is 1.26. The molecule has 0 radical (unpaired) electrons. The number of nitrogens with zero attached hydrogens (tertiary/aromatic N) is 1. The van der Waals surface area contributed by atoms with Crippen molar-refractivity contribution in [1.29, 1.82) is 0 Å². The van der Waals surface area contributed by atoms with E-state index >= 15 is 0 Å². The van der Waals surface area contributed by atoms with Crippen molar-refractivity contribution < 1.29 is 4.79 Å². The summed E-state index contributed by atoms with van der Waals surface area (Å²) in [5, 5.41) is 0. The van der Waals surface area contributed by atoms with Crippen LogP contribution in [-0.2, 0) is 4.79 Å². The number of carbonyl (C=O) groups excluding carboxylic acids is 1. The standard InChI is InChI=1S/C10H17NO/c1-4-11(7-8(2)3)10(12)9-5-6-9/h9H,2,4-7H2,1,3H3. The molecule has 12 heavy (non-hydrogen) atoms. The van der Waals surface area contributed by atoms with Gasteiger partial charge < -0.3 is 4.90 Å². The molecule has 1 saturated carbocycles. The number of carbonyl (C=O) groups is 1. The minimum atomic E-state index is 0.320. The van der Waals surface area contributed by atoms with Crippen LogP contribution in [0.4, 0.5) is 0 Å². The Hall–Kier alpha value is -0.790. The Morgan fingerprint density at radius 1 is 1.58 bits per heavy atom. The molecule has 2 heteroatoms. The Labute approximate surface area is 74.2 Å². The second-order valence-corrected chi connectivity index (χ2v) is 3.58. The minimum absolute atomic E-state index is 0.320. The van der Waals surface area contributed by atoms with Gasteiger partial charge in [-0.15, -0.1) is 0 Å². The fraction of sp³-hybridized carbons (Fsp3) is 0.700. The summed E-state index contributed by atoms with van der Waals surface area (Å²) in [6.07, 6.45) is 2.18.